The Morgan fingerprint density at radius 1 is 1.43 bits per heavy atom. The van der Waals surface area contributed by atoms with Gasteiger partial charge < -0.3 is 15.4 Å². The molecule has 0 spiro atoms. The van der Waals surface area contributed by atoms with Crippen LogP contribution in [0.4, 0.5) is 0 Å². The molecule has 2 rings (SSSR count). The monoisotopic (exact) mass is 404 g/mol. The Bertz CT molecular complexity index is 481. The quantitative estimate of drug-likeness (QED) is 0.733. The van der Waals surface area contributed by atoms with Crippen molar-refractivity contribution in [2.75, 3.05) is 26.8 Å². The molecule has 2 N–H and O–H groups in total. The minimum atomic E-state index is -0.0378. The first kappa shape index (κ1) is 20.4. The number of ether oxygens (including phenoxy) is 1. The Labute approximate surface area is 153 Å². The smallest absolute Gasteiger partial charge is 0.223 e. The van der Waals surface area contributed by atoms with Crippen LogP contribution < -0.4 is 10.6 Å². The van der Waals surface area contributed by atoms with Gasteiger partial charge in [-0.15, -0.1) is 12.4 Å². The molecule has 0 aliphatic carbocycles. The number of halogens is 2. The number of piperidine rings is 1. The van der Waals surface area contributed by atoms with Gasteiger partial charge in [-0.25, -0.2) is 0 Å². The first-order valence-corrected chi connectivity index (χ1v) is 8.73. The van der Waals surface area contributed by atoms with Crippen molar-refractivity contribution in [2.24, 2.45) is 5.92 Å². The summed E-state index contributed by atoms with van der Waals surface area (Å²) in [5, 5.41) is 6.54. The Kier molecular flexibility index (Phi) is 9.79. The second-order valence-electron chi connectivity index (χ2n) is 5.85. The van der Waals surface area contributed by atoms with Crippen molar-refractivity contribution in [3.63, 3.8) is 0 Å². The maximum Gasteiger partial charge on any atom is 0.223 e. The van der Waals surface area contributed by atoms with E-state index < -0.39 is 0 Å². The maximum absolute atomic E-state index is 12.6. The van der Waals surface area contributed by atoms with Crippen molar-refractivity contribution in [3.8, 4) is 0 Å². The molecule has 4 nitrogen and oxygen atoms in total. The average Bonchev–Trinajstić information content (AvgIpc) is 2.52. The molecule has 1 saturated heterocycles. The molecule has 0 bridgehead atoms. The SMILES string of the molecule is COCCC(Cc1cccc(Br)c1)C(=O)NC1CCNCC1.Cl. The zero-order valence-electron chi connectivity index (χ0n) is 13.5. The van der Waals surface area contributed by atoms with Crippen molar-refractivity contribution in [3.05, 3.63) is 34.3 Å². The molecule has 0 radical (unpaired) electrons. The van der Waals surface area contributed by atoms with Crippen LogP contribution in [-0.4, -0.2) is 38.8 Å². The normalized spacial score (nSPS) is 16.4. The highest BCUT2D eigenvalue weighted by Gasteiger charge is 2.22. The Morgan fingerprint density at radius 2 is 2.17 bits per heavy atom. The van der Waals surface area contributed by atoms with Crippen LogP contribution in [0.1, 0.15) is 24.8 Å². The summed E-state index contributed by atoms with van der Waals surface area (Å²) in [6.07, 6.45) is 3.53. The average molecular weight is 406 g/mol. The zero-order chi connectivity index (χ0) is 15.8. The first-order chi connectivity index (χ1) is 10.7. The Balaban J connectivity index is 0.00000264. The molecule has 0 aromatic heterocycles. The van der Waals surface area contributed by atoms with Gasteiger partial charge in [-0.2, -0.15) is 0 Å². The van der Waals surface area contributed by atoms with E-state index >= 15 is 0 Å². The van der Waals surface area contributed by atoms with Crippen LogP contribution >= 0.6 is 28.3 Å². The lowest BCUT2D eigenvalue weighted by atomic mass is 9.94. The second-order valence-corrected chi connectivity index (χ2v) is 6.76. The fourth-order valence-corrected chi connectivity index (χ4v) is 3.27. The fourth-order valence-electron chi connectivity index (χ4n) is 2.82. The predicted octanol–water partition coefficient (Wildman–Crippen LogP) is 2.93. The molecule has 1 unspecified atom stereocenters. The molecule has 6 heteroatoms. The number of nitrogens with one attached hydrogen (secondary N) is 2. The minimum Gasteiger partial charge on any atom is -0.385 e. The second kappa shape index (κ2) is 11.0. The predicted molar refractivity (Wildman–Crippen MR) is 99.1 cm³/mol. The van der Waals surface area contributed by atoms with E-state index in [9.17, 15) is 4.79 Å². The third kappa shape index (κ3) is 7.21. The number of methoxy groups -OCH3 is 1. The Hall–Kier alpha value is -0.620. The highest BCUT2D eigenvalue weighted by molar-refractivity contribution is 9.10. The molecular weight excluding hydrogens is 380 g/mol. The summed E-state index contributed by atoms with van der Waals surface area (Å²) >= 11 is 3.49. The van der Waals surface area contributed by atoms with Gasteiger partial charge in [0.05, 0.1) is 0 Å². The molecule has 130 valence electrons. The summed E-state index contributed by atoms with van der Waals surface area (Å²) in [6.45, 7) is 2.58. The maximum atomic E-state index is 12.6. The molecule has 23 heavy (non-hydrogen) atoms. The van der Waals surface area contributed by atoms with E-state index in [0.29, 0.717) is 12.6 Å². The van der Waals surface area contributed by atoms with Gasteiger partial charge in [-0.05, 0) is 56.5 Å². The van der Waals surface area contributed by atoms with Gasteiger partial charge in [-0.3, -0.25) is 4.79 Å². The lowest BCUT2D eigenvalue weighted by Gasteiger charge is -2.26. The molecule has 1 aromatic rings. The summed E-state index contributed by atoms with van der Waals surface area (Å²) in [4.78, 5) is 12.6. The van der Waals surface area contributed by atoms with Crippen molar-refractivity contribution in [1.29, 1.82) is 0 Å². The van der Waals surface area contributed by atoms with E-state index in [-0.39, 0.29) is 24.2 Å². The number of carbonyl (C=O) groups excluding carboxylic acids is 1. The van der Waals surface area contributed by atoms with E-state index in [1.807, 2.05) is 12.1 Å². The molecule has 1 amide bonds. The topological polar surface area (TPSA) is 50.4 Å². The molecule has 1 aromatic carbocycles. The van der Waals surface area contributed by atoms with Crippen LogP contribution in [0.25, 0.3) is 0 Å². The summed E-state index contributed by atoms with van der Waals surface area (Å²) in [7, 11) is 1.68. The Morgan fingerprint density at radius 3 is 2.83 bits per heavy atom. The summed E-state index contributed by atoms with van der Waals surface area (Å²) in [5.74, 6) is 0.119. The third-order valence-electron chi connectivity index (χ3n) is 4.10. The fraction of sp³-hybridized carbons (Fsp3) is 0.588. The van der Waals surface area contributed by atoms with Crippen LogP contribution in [0.2, 0.25) is 0 Å². The number of rotatable bonds is 7. The van der Waals surface area contributed by atoms with E-state index in [1.165, 1.54) is 5.56 Å². The summed E-state index contributed by atoms with van der Waals surface area (Å²) < 4.78 is 6.22. The molecule has 1 aliphatic rings. The number of hydrogen-bond donors (Lipinski definition) is 2. The van der Waals surface area contributed by atoms with E-state index in [4.69, 9.17) is 4.74 Å². The number of benzene rings is 1. The number of hydrogen-bond acceptors (Lipinski definition) is 3. The van der Waals surface area contributed by atoms with Crippen LogP contribution in [0.5, 0.6) is 0 Å². The highest BCUT2D eigenvalue weighted by Crippen LogP contribution is 2.18. The zero-order valence-corrected chi connectivity index (χ0v) is 15.9. The standard InChI is InChI=1S/C17H25BrN2O2.ClH/c1-22-10-7-14(11-13-3-2-4-15(18)12-13)17(21)20-16-5-8-19-9-6-16;/h2-4,12,14,16,19H,5-11H2,1H3,(H,20,21);1H. The molecule has 1 atom stereocenters. The van der Waals surface area contributed by atoms with Gasteiger partial charge in [-0.1, -0.05) is 28.1 Å². The van der Waals surface area contributed by atoms with Crippen molar-refractivity contribution >= 4 is 34.2 Å². The van der Waals surface area contributed by atoms with Crippen molar-refractivity contribution in [1.82, 2.24) is 10.6 Å². The summed E-state index contributed by atoms with van der Waals surface area (Å²) in [6, 6.07) is 8.47. The number of amides is 1. The lowest BCUT2D eigenvalue weighted by Crippen LogP contribution is -2.45. The number of carbonyl (C=O) groups is 1. The van der Waals surface area contributed by atoms with E-state index in [1.54, 1.807) is 7.11 Å². The van der Waals surface area contributed by atoms with Crippen LogP contribution in [0.15, 0.2) is 28.7 Å². The molecule has 1 fully saturated rings. The van der Waals surface area contributed by atoms with E-state index in [0.717, 1.165) is 43.2 Å². The lowest BCUT2D eigenvalue weighted by molar-refractivity contribution is -0.126. The van der Waals surface area contributed by atoms with E-state index in [2.05, 4.69) is 38.7 Å². The van der Waals surface area contributed by atoms with Crippen molar-refractivity contribution in [2.45, 2.75) is 31.7 Å². The van der Waals surface area contributed by atoms with Gasteiger partial charge in [0.2, 0.25) is 5.91 Å². The molecule has 1 heterocycles. The van der Waals surface area contributed by atoms with Gasteiger partial charge in [0.25, 0.3) is 0 Å². The largest absolute Gasteiger partial charge is 0.385 e. The van der Waals surface area contributed by atoms with Crippen molar-refractivity contribution < 1.29 is 9.53 Å². The first-order valence-electron chi connectivity index (χ1n) is 7.93. The van der Waals surface area contributed by atoms with Crippen LogP contribution in [0.3, 0.4) is 0 Å². The molecule has 0 saturated carbocycles. The van der Waals surface area contributed by atoms with Gasteiger partial charge >= 0.3 is 0 Å². The van der Waals surface area contributed by atoms with Gasteiger partial charge in [0.15, 0.2) is 0 Å². The minimum absolute atomic E-state index is 0. The molecular formula is C17H26BrClN2O2. The molecule has 1 aliphatic heterocycles. The van der Waals surface area contributed by atoms with Gasteiger partial charge in [0.1, 0.15) is 0 Å². The highest BCUT2D eigenvalue weighted by atomic mass is 79.9. The third-order valence-corrected chi connectivity index (χ3v) is 4.59. The van der Waals surface area contributed by atoms with Crippen LogP contribution in [-0.2, 0) is 16.0 Å². The van der Waals surface area contributed by atoms with Crippen LogP contribution in [0, 0.1) is 5.92 Å². The summed E-state index contributed by atoms with van der Waals surface area (Å²) in [5.41, 5.74) is 1.18. The van der Waals surface area contributed by atoms with Gasteiger partial charge in [0, 0.05) is 30.1 Å².